The van der Waals surface area contributed by atoms with Gasteiger partial charge < -0.3 is 20.3 Å². The van der Waals surface area contributed by atoms with E-state index in [1.807, 2.05) is 0 Å². The van der Waals surface area contributed by atoms with E-state index in [1.54, 1.807) is 0 Å². The van der Waals surface area contributed by atoms with Crippen molar-refractivity contribution in [2.45, 2.75) is 322 Å². The molecule has 0 aliphatic rings. The van der Waals surface area contributed by atoms with Gasteiger partial charge in [0, 0.05) is 6.42 Å². The zero-order valence-electron chi connectivity index (χ0n) is 44.8. The Bertz CT molecular complexity index is 1150. The van der Waals surface area contributed by atoms with Gasteiger partial charge in [-0.2, -0.15) is 0 Å². The molecular formula is C61H113NO5. The van der Waals surface area contributed by atoms with Gasteiger partial charge in [-0.3, -0.25) is 9.59 Å². The van der Waals surface area contributed by atoms with E-state index in [9.17, 15) is 19.8 Å². The summed E-state index contributed by atoms with van der Waals surface area (Å²) in [6.45, 7) is 6.47. The summed E-state index contributed by atoms with van der Waals surface area (Å²) in [6, 6.07) is -0.714. The summed E-state index contributed by atoms with van der Waals surface area (Å²) < 4.78 is 5.95. The molecule has 3 atom stereocenters. The molecule has 0 heterocycles. The highest BCUT2D eigenvalue weighted by Gasteiger charge is 2.24. The molecule has 67 heavy (non-hydrogen) atoms. The second kappa shape index (κ2) is 54.8. The van der Waals surface area contributed by atoms with Gasteiger partial charge in [0.15, 0.2) is 0 Å². The summed E-state index contributed by atoms with van der Waals surface area (Å²) in [5.41, 5.74) is 0. The van der Waals surface area contributed by atoms with E-state index in [0.29, 0.717) is 19.3 Å². The summed E-state index contributed by atoms with van der Waals surface area (Å²) >= 11 is 0. The van der Waals surface area contributed by atoms with Gasteiger partial charge >= 0.3 is 5.97 Å². The molecule has 3 N–H and O–H groups in total. The molecule has 0 aromatic heterocycles. The smallest absolute Gasteiger partial charge is 0.306 e. The Hall–Kier alpha value is -2.18. The largest absolute Gasteiger partial charge is 0.462 e. The molecule has 392 valence electrons. The first-order chi connectivity index (χ1) is 33.0. The molecule has 1 amide bonds. The molecule has 3 unspecified atom stereocenters. The van der Waals surface area contributed by atoms with Gasteiger partial charge in [-0.25, -0.2) is 0 Å². The van der Waals surface area contributed by atoms with Crippen molar-refractivity contribution in [1.29, 1.82) is 0 Å². The van der Waals surface area contributed by atoms with Crippen molar-refractivity contribution < 1.29 is 24.5 Å². The highest BCUT2D eigenvalue weighted by molar-refractivity contribution is 5.77. The van der Waals surface area contributed by atoms with Crippen molar-refractivity contribution in [3.63, 3.8) is 0 Å². The number of aliphatic hydroxyl groups is 2. The molecule has 0 spiro atoms. The van der Waals surface area contributed by atoms with E-state index in [-0.39, 0.29) is 24.9 Å². The summed E-state index contributed by atoms with van der Waals surface area (Å²) in [5.74, 6) is -0.498. The summed E-state index contributed by atoms with van der Waals surface area (Å²) in [4.78, 5) is 26.3. The number of rotatable bonds is 53. The van der Waals surface area contributed by atoms with Crippen LogP contribution in [0.5, 0.6) is 0 Å². The number of ether oxygens (including phenoxy) is 1. The third kappa shape index (κ3) is 50.0. The van der Waals surface area contributed by atoms with E-state index in [1.165, 1.54) is 186 Å². The Kier molecular flexibility index (Phi) is 53.0. The van der Waals surface area contributed by atoms with E-state index < -0.39 is 18.2 Å². The van der Waals surface area contributed by atoms with Crippen LogP contribution in [0.4, 0.5) is 0 Å². The van der Waals surface area contributed by atoms with Gasteiger partial charge in [-0.05, 0) is 51.4 Å². The maximum Gasteiger partial charge on any atom is 0.306 e. The Labute approximate surface area is 416 Å². The highest BCUT2D eigenvalue weighted by atomic mass is 16.5. The number of carbonyl (C=O) groups is 2. The van der Waals surface area contributed by atoms with Gasteiger partial charge in [0.2, 0.25) is 5.91 Å². The molecule has 0 aromatic rings. The summed E-state index contributed by atoms with van der Waals surface area (Å²) in [5, 5.41) is 23.9. The molecule has 0 radical (unpaired) electrons. The maximum absolute atomic E-state index is 13.3. The van der Waals surface area contributed by atoms with Gasteiger partial charge in [0.25, 0.3) is 0 Å². The topological polar surface area (TPSA) is 95.9 Å². The minimum atomic E-state index is -0.798. The summed E-state index contributed by atoms with van der Waals surface area (Å²) in [7, 11) is 0. The number of amides is 1. The van der Waals surface area contributed by atoms with E-state index in [4.69, 9.17) is 4.74 Å². The number of esters is 1. The second-order valence-corrected chi connectivity index (χ2v) is 20.1. The molecule has 0 aliphatic heterocycles. The monoisotopic (exact) mass is 940 g/mol. The van der Waals surface area contributed by atoms with Crippen LogP contribution in [-0.2, 0) is 14.3 Å². The van der Waals surface area contributed by atoms with E-state index >= 15 is 0 Å². The van der Waals surface area contributed by atoms with Crippen molar-refractivity contribution in [2.75, 3.05) is 6.61 Å². The molecule has 0 bridgehead atoms. The molecule has 0 aliphatic carbocycles. The van der Waals surface area contributed by atoms with Gasteiger partial charge in [0.05, 0.1) is 25.2 Å². The Morgan fingerprint density at radius 2 is 0.761 bits per heavy atom. The molecule has 0 fully saturated rings. The number of allylic oxidation sites excluding steroid dienone is 8. The number of unbranched alkanes of at least 4 members (excludes halogenated alkanes) is 36. The van der Waals surface area contributed by atoms with Gasteiger partial charge in [0.1, 0.15) is 6.10 Å². The average molecular weight is 941 g/mol. The van der Waals surface area contributed by atoms with Crippen molar-refractivity contribution in [1.82, 2.24) is 5.32 Å². The van der Waals surface area contributed by atoms with Crippen LogP contribution in [-0.4, -0.2) is 46.9 Å². The van der Waals surface area contributed by atoms with E-state index in [0.717, 1.165) is 70.6 Å². The Balaban J connectivity index is 4.60. The predicted molar refractivity (Wildman–Crippen MR) is 292 cm³/mol. The first-order valence-corrected chi connectivity index (χ1v) is 29.4. The highest BCUT2D eigenvalue weighted by Crippen LogP contribution is 2.19. The van der Waals surface area contributed by atoms with Gasteiger partial charge in [-0.1, -0.05) is 288 Å². The summed E-state index contributed by atoms with van der Waals surface area (Å²) in [6.07, 6.45) is 67.5. The van der Waals surface area contributed by atoms with Crippen LogP contribution in [0.25, 0.3) is 0 Å². The molecule has 6 heteroatoms. The van der Waals surface area contributed by atoms with Crippen molar-refractivity contribution in [3.8, 4) is 0 Å². The number of hydrogen-bond donors (Lipinski definition) is 3. The van der Waals surface area contributed by atoms with Crippen LogP contribution in [0.3, 0.4) is 0 Å². The Morgan fingerprint density at radius 3 is 1.18 bits per heavy atom. The van der Waals surface area contributed by atoms with Crippen LogP contribution in [0.2, 0.25) is 0 Å². The SMILES string of the molecule is CCCCC/C=C/C=C/C=C/C=C/CCCCCC(CC(=O)NC(CO)C(O)CCCCCCCCCCCCCCCC)OC(=O)CCCCCCCCCCCCCCCCCCCC. The third-order valence-electron chi connectivity index (χ3n) is 13.5. The fourth-order valence-corrected chi connectivity index (χ4v) is 9.03. The van der Waals surface area contributed by atoms with Crippen molar-refractivity contribution >= 4 is 11.9 Å². The molecule has 0 aromatic carbocycles. The van der Waals surface area contributed by atoms with Crippen LogP contribution in [0.15, 0.2) is 48.6 Å². The number of carbonyl (C=O) groups excluding carboxylic acids is 2. The predicted octanol–water partition coefficient (Wildman–Crippen LogP) is 18.2. The quantitative estimate of drug-likeness (QED) is 0.0321. The van der Waals surface area contributed by atoms with Crippen LogP contribution < -0.4 is 5.32 Å². The first kappa shape index (κ1) is 64.8. The van der Waals surface area contributed by atoms with Crippen molar-refractivity contribution in [2.24, 2.45) is 0 Å². The molecule has 6 nitrogen and oxygen atoms in total. The lowest BCUT2D eigenvalue weighted by atomic mass is 10.0. The number of hydrogen-bond acceptors (Lipinski definition) is 5. The molecule has 0 saturated carbocycles. The number of nitrogens with one attached hydrogen (secondary N) is 1. The van der Waals surface area contributed by atoms with Gasteiger partial charge in [-0.15, -0.1) is 0 Å². The lowest BCUT2D eigenvalue weighted by Gasteiger charge is -2.24. The minimum absolute atomic E-state index is 0.0546. The zero-order valence-corrected chi connectivity index (χ0v) is 44.8. The molecule has 0 saturated heterocycles. The third-order valence-corrected chi connectivity index (χ3v) is 13.5. The van der Waals surface area contributed by atoms with Crippen LogP contribution >= 0.6 is 0 Å². The molecular weight excluding hydrogens is 827 g/mol. The normalized spacial score (nSPS) is 13.4. The van der Waals surface area contributed by atoms with Crippen LogP contribution in [0.1, 0.15) is 303 Å². The Morgan fingerprint density at radius 1 is 0.433 bits per heavy atom. The van der Waals surface area contributed by atoms with Crippen molar-refractivity contribution in [3.05, 3.63) is 48.6 Å². The first-order valence-electron chi connectivity index (χ1n) is 29.4. The number of aliphatic hydroxyl groups excluding tert-OH is 2. The fraction of sp³-hybridized carbons (Fsp3) is 0.836. The second-order valence-electron chi connectivity index (χ2n) is 20.1. The standard InChI is InChI=1S/C61H113NO5/c1-4-7-10-13-16-19-22-25-28-30-31-33-36-39-42-45-48-51-54-61(66)67-57(52-49-46-43-40-37-34-32-29-26-23-20-17-14-11-8-5-2)55-60(65)62-58(56-63)59(64)53-50-47-44-41-38-35-27-24-21-18-15-12-9-6-3/h17,20,23,26,29,32,34,37,57-59,63-64H,4-16,18-19,21-22,24-25,27-28,30-31,33,35-36,38-56H2,1-3H3,(H,62,65)/b20-17+,26-23+,32-29+,37-34+. The van der Waals surface area contributed by atoms with E-state index in [2.05, 4.69) is 74.7 Å². The zero-order chi connectivity index (χ0) is 48.8. The minimum Gasteiger partial charge on any atom is -0.462 e. The lowest BCUT2D eigenvalue weighted by Crippen LogP contribution is -2.46. The fourth-order valence-electron chi connectivity index (χ4n) is 9.03. The van der Waals surface area contributed by atoms with Crippen LogP contribution in [0, 0.1) is 0 Å². The average Bonchev–Trinajstić information content (AvgIpc) is 3.32. The lowest BCUT2D eigenvalue weighted by molar-refractivity contribution is -0.151. The maximum atomic E-state index is 13.3. The molecule has 0 rings (SSSR count).